The van der Waals surface area contributed by atoms with Gasteiger partial charge in [0.2, 0.25) is 0 Å². The van der Waals surface area contributed by atoms with Crippen LogP contribution in [0.25, 0.3) is 0 Å². The molecule has 1 heterocycles. The molecular formula is C21H25FN2O3S. The highest BCUT2D eigenvalue weighted by Crippen LogP contribution is 2.26. The van der Waals surface area contributed by atoms with Gasteiger partial charge in [-0.3, -0.25) is 9.69 Å². The van der Waals surface area contributed by atoms with E-state index in [0.29, 0.717) is 31.1 Å². The van der Waals surface area contributed by atoms with Gasteiger partial charge in [0.05, 0.1) is 31.9 Å². The Morgan fingerprint density at radius 1 is 1.25 bits per heavy atom. The van der Waals surface area contributed by atoms with Gasteiger partial charge >= 0.3 is 0 Å². The smallest absolute Gasteiger partial charge is 0.255 e. The van der Waals surface area contributed by atoms with E-state index in [0.717, 1.165) is 23.5 Å². The minimum absolute atomic E-state index is 0.0510. The Morgan fingerprint density at radius 3 is 2.61 bits per heavy atom. The lowest BCUT2D eigenvalue weighted by molar-refractivity contribution is 0.0162. The van der Waals surface area contributed by atoms with E-state index >= 15 is 0 Å². The topological polar surface area (TPSA) is 50.8 Å². The van der Waals surface area contributed by atoms with Crippen molar-refractivity contribution in [2.45, 2.75) is 10.9 Å². The molecule has 0 aliphatic carbocycles. The van der Waals surface area contributed by atoms with Crippen LogP contribution in [0.4, 0.5) is 4.39 Å². The molecule has 0 bridgehead atoms. The summed E-state index contributed by atoms with van der Waals surface area (Å²) in [6.45, 7) is 3.25. The van der Waals surface area contributed by atoms with Crippen LogP contribution in [0, 0.1) is 5.82 Å². The molecule has 28 heavy (non-hydrogen) atoms. The van der Waals surface area contributed by atoms with Crippen LogP contribution in [0.2, 0.25) is 0 Å². The molecule has 0 spiro atoms. The average Bonchev–Trinajstić information content (AvgIpc) is 2.75. The Morgan fingerprint density at radius 2 is 1.96 bits per heavy atom. The van der Waals surface area contributed by atoms with E-state index in [9.17, 15) is 9.18 Å². The fraction of sp³-hybridized carbons (Fsp3) is 0.381. The maximum Gasteiger partial charge on any atom is 0.255 e. The van der Waals surface area contributed by atoms with Gasteiger partial charge < -0.3 is 14.8 Å². The lowest BCUT2D eigenvalue weighted by Crippen LogP contribution is -2.43. The molecule has 3 rings (SSSR count). The van der Waals surface area contributed by atoms with Gasteiger partial charge in [0.15, 0.2) is 0 Å². The highest BCUT2D eigenvalue weighted by atomic mass is 32.2. The molecule has 0 saturated carbocycles. The summed E-state index contributed by atoms with van der Waals surface area (Å²) in [5, 5.41) is 3.02. The lowest BCUT2D eigenvalue weighted by atomic mass is 10.0. The predicted molar refractivity (Wildman–Crippen MR) is 109 cm³/mol. The first-order chi connectivity index (χ1) is 13.6. The minimum atomic E-state index is -0.271. The Bertz CT molecular complexity index is 795. The Kier molecular flexibility index (Phi) is 7.30. The predicted octanol–water partition coefficient (Wildman–Crippen LogP) is 3.36. The number of hydrogen-bond donors (Lipinski definition) is 1. The van der Waals surface area contributed by atoms with Gasteiger partial charge in [-0.05, 0) is 42.2 Å². The third-order valence-electron chi connectivity index (χ3n) is 4.85. The summed E-state index contributed by atoms with van der Waals surface area (Å²) >= 11 is 1.59. The van der Waals surface area contributed by atoms with Crippen molar-refractivity contribution in [1.82, 2.24) is 10.2 Å². The van der Waals surface area contributed by atoms with E-state index in [1.165, 1.54) is 12.1 Å². The maximum atomic E-state index is 13.4. The number of morpholine rings is 1. The van der Waals surface area contributed by atoms with Crippen molar-refractivity contribution in [1.29, 1.82) is 0 Å². The third-order valence-corrected chi connectivity index (χ3v) is 5.58. The number of carbonyl (C=O) groups excluding carboxylic acids is 1. The van der Waals surface area contributed by atoms with Gasteiger partial charge in [-0.1, -0.05) is 12.1 Å². The fourth-order valence-electron chi connectivity index (χ4n) is 3.30. The van der Waals surface area contributed by atoms with Crippen LogP contribution in [-0.2, 0) is 4.74 Å². The summed E-state index contributed by atoms with van der Waals surface area (Å²) in [7, 11) is 1.56. The second-order valence-electron chi connectivity index (χ2n) is 6.49. The zero-order chi connectivity index (χ0) is 19.9. The Labute approximate surface area is 169 Å². The van der Waals surface area contributed by atoms with Crippen molar-refractivity contribution in [3.05, 3.63) is 59.4 Å². The van der Waals surface area contributed by atoms with Gasteiger partial charge in [0, 0.05) is 24.5 Å². The second-order valence-corrected chi connectivity index (χ2v) is 7.37. The first-order valence-electron chi connectivity index (χ1n) is 9.20. The number of benzene rings is 2. The first kappa shape index (κ1) is 20.6. The zero-order valence-corrected chi connectivity index (χ0v) is 16.9. The summed E-state index contributed by atoms with van der Waals surface area (Å²) in [6.07, 6.45) is 1.98. The largest absolute Gasteiger partial charge is 0.496 e. The van der Waals surface area contributed by atoms with Gasteiger partial charge in [0.25, 0.3) is 5.91 Å². The van der Waals surface area contributed by atoms with E-state index in [1.807, 2.05) is 18.4 Å². The first-order valence-corrected chi connectivity index (χ1v) is 10.4. The van der Waals surface area contributed by atoms with E-state index in [2.05, 4.69) is 10.2 Å². The molecule has 1 amide bonds. The van der Waals surface area contributed by atoms with Crippen molar-refractivity contribution in [2.75, 3.05) is 46.2 Å². The van der Waals surface area contributed by atoms with E-state index in [-0.39, 0.29) is 17.8 Å². The molecule has 2 aromatic carbocycles. The number of nitrogens with one attached hydrogen (secondary N) is 1. The molecule has 7 heteroatoms. The summed E-state index contributed by atoms with van der Waals surface area (Å²) < 4.78 is 24.2. The van der Waals surface area contributed by atoms with Gasteiger partial charge in [-0.15, -0.1) is 11.8 Å². The number of nitrogens with zero attached hydrogens (tertiary/aromatic N) is 1. The highest BCUT2D eigenvalue weighted by Gasteiger charge is 2.24. The normalized spacial score (nSPS) is 15.8. The highest BCUT2D eigenvalue weighted by molar-refractivity contribution is 7.98. The number of rotatable bonds is 7. The Hall–Kier alpha value is -2.09. The van der Waals surface area contributed by atoms with E-state index in [1.54, 1.807) is 37.1 Å². The summed E-state index contributed by atoms with van der Waals surface area (Å²) in [5.74, 6) is 0.0889. The number of hydrogen-bond acceptors (Lipinski definition) is 5. The molecular weight excluding hydrogens is 379 g/mol. The molecule has 1 saturated heterocycles. The molecule has 1 N–H and O–H groups in total. The standard InChI is InChI=1S/C21H25FN2O3S/c1-26-20-13-17(28-2)7-8-18(20)21(25)23-14-19(24-9-11-27-12-10-24)15-3-5-16(22)6-4-15/h3-8,13,19H,9-12,14H2,1-2H3,(H,23,25)/t19-/m0/s1. The molecule has 5 nitrogen and oxygen atoms in total. The summed E-state index contributed by atoms with van der Waals surface area (Å²) in [4.78, 5) is 16.1. The monoisotopic (exact) mass is 404 g/mol. The molecule has 1 aliphatic heterocycles. The zero-order valence-electron chi connectivity index (χ0n) is 16.1. The van der Waals surface area contributed by atoms with Gasteiger partial charge in [-0.2, -0.15) is 0 Å². The van der Waals surface area contributed by atoms with Crippen LogP contribution in [0.3, 0.4) is 0 Å². The second kappa shape index (κ2) is 9.91. The molecule has 0 radical (unpaired) electrons. The van der Waals surface area contributed by atoms with Gasteiger partial charge in [0.1, 0.15) is 11.6 Å². The Balaban J connectivity index is 1.75. The van der Waals surface area contributed by atoms with Crippen molar-refractivity contribution in [3.8, 4) is 5.75 Å². The van der Waals surface area contributed by atoms with E-state index < -0.39 is 0 Å². The SMILES string of the molecule is COc1cc(SC)ccc1C(=O)NC[C@@H](c1ccc(F)cc1)N1CCOCC1. The summed E-state index contributed by atoms with van der Waals surface area (Å²) in [5.41, 5.74) is 1.47. The fourth-order valence-corrected chi connectivity index (χ4v) is 3.73. The maximum absolute atomic E-state index is 13.4. The van der Waals surface area contributed by atoms with Crippen molar-refractivity contribution >= 4 is 17.7 Å². The van der Waals surface area contributed by atoms with Crippen LogP contribution in [0.15, 0.2) is 47.4 Å². The third kappa shape index (κ3) is 5.04. The van der Waals surface area contributed by atoms with Crippen LogP contribution >= 0.6 is 11.8 Å². The molecule has 1 aliphatic rings. The van der Waals surface area contributed by atoms with Crippen LogP contribution < -0.4 is 10.1 Å². The minimum Gasteiger partial charge on any atom is -0.496 e. The van der Waals surface area contributed by atoms with Gasteiger partial charge in [-0.25, -0.2) is 4.39 Å². The molecule has 0 aromatic heterocycles. The molecule has 2 aromatic rings. The van der Waals surface area contributed by atoms with E-state index in [4.69, 9.17) is 9.47 Å². The number of methoxy groups -OCH3 is 1. The average molecular weight is 405 g/mol. The van der Waals surface area contributed by atoms with Crippen LogP contribution in [-0.4, -0.2) is 57.0 Å². The number of thioether (sulfide) groups is 1. The summed E-state index contributed by atoms with van der Waals surface area (Å²) in [6, 6.07) is 11.9. The lowest BCUT2D eigenvalue weighted by Gasteiger charge is -2.35. The van der Waals surface area contributed by atoms with Crippen molar-refractivity contribution < 1.29 is 18.7 Å². The molecule has 1 fully saturated rings. The molecule has 0 unspecified atom stereocenters. The van der Waals surface area contributed by atoms with Crippen molar-refractivity contribution in [2.24, 2.45) is 0 Å². The molecule has 1 atom stereocenters. The molecule has 150 valence electrons. The number of amides is 1. The number of ether oxygens (including phenoxy) is 2. The number of carbonyl (C=O) groups is 1. The van der Waals surface area contributed by atoms with Crippen molar-refractivity contribution in [3.63, 3.8) is 0 Å². The van der Waals surface area contributed by atoms with Crippen LogP contribution in [0.1, 0.15) is 22.0 Å². The van der Waals surface area contributed by atoms with Crippen LogP contribution in [0.5, 0.6) is 5.75 Å². The quantitative estimate of drug-likeness (QED) is 0.717. The number of halogens is 1.